The third kappa shape index (κ3) is 4.36. The maximum atomic E-state index is 12.7. The molecule has 0 radical (unpaired) electrons. The zero-order valence-electron chi connectivity index (χ0n) is 14.4. The highest BCUT2D eigenvalue weighted by Crippen LogP contribution is 2.28. The number of hydrogen-bond acceptors (Lipinski definition) is 5. The highest BCUT2D eigenvalue weighted by atomic mass is 16.5. The van der Waals surface area contributed by atoms with Crippen LogP contribution in [-0.2, 0) is 11.3 Å². The maximum absolute atomic E-state index is 12.7. The number of likely N-dealkylation sites (tertiary alicyclic amines) is 1. The number of amides is 1. The average Bonchev–Trinajstić information content (AvgIpc) is 3.11. The lowest BCUT2D eigenvalue weighted by Gasteiger charge is -2.39. The van der Waals surface area contributed by atoms with Crippen LogP contribution in [0.5, 0.6) is 0 Å². The minimum atomic E-state index is -1.29. The molecule has 1 aromatic heterocycles. The molecule has 6 nitrogen and oxygen atoms in total. The van der Waals surface area contributed by atoms with E-state index >= 15 is 0 Å². The summed E-state index contributed by atoms with van der Waals surface area (Å²) in [5.74, 6) is 1.34. The number of carbonyl (C=O) groups excluding carboxylic acids is 1. The normalized spacial score (nSPS) is 26.0. The van der Waals surface area contributed by atoms with E-state index in [0.29, 0.717) is 18.7 Å². The monoisotopic (exact) mass is 335 g/mol. The first-order chi connectivity index (χ1) is 11.7. The fourth-order valence-electron chi connectivity index (χ4n) is 3.98. The van der Waals surface area contributed by atoms with Crippen molar-refractivity contribution in [2.75, 3.05) is 19.6 Å². The van der Waals surface area contributed by atoms with Gasteiger partial charge in [-0.3, -0.25) is 4.79 Å². The molecule has 2 N–H and O–H groups in total. The standard InChI is InChI=1S/C18H29N3O3/c22-17-18(23,14-19-13-16-7-10-20-24-16)9-4-11-21(17)12-8-15-5-2-1-3-6-15/h7,10,15,19,23H,1-6,8-9,11-14H2. The predicted octanol–water partition coefficient (Wildman–Crippen LogP) is 2.09. The smallest absolute Gasteiger partial charge is 0.255 e. The third-order valence-corrected chi connectivity index (χ3v) is 5.44. The molecule has 1 aromatic rings. The van der Waals surface area contributed by atoms with Gasteiger partial charge >= 0.3 is 0 Å². The fraction of sp³-hybridized carbons (Fsp3) is 0.778. The summed E-state index contributed by atoms with van der Waals surface area (Å²) in [5.41, 5.74) is -1.29. The molecule has 1 aliphatic heterocycles. The number of carbonyl (C=O) groups is 1. The van der Waals surface area contributed by atoms with Crippen LogP contribution in [0, 0.1) is 5.92 Å². The van der Waals surface area contributed by atoms with Crippen molar-refractivity contribution in [2.45, 2.75) is 63.5 Å². The Morgan fingerprint density at radius 2 is 2.17 bits per heavy atom. The molecule has 0 spiro atoms. The molecule has 2 heterocycles. The van der Waals surface area contributed by atoms with Crippen LogP contribution in [0.3, 0.4) is 0 Å². The zero-order valence-corrected chi connectivity index (χ0v) is 14.4. The minimum absolute atomic E-state index is 0.116. The second-order valence-corrected chi connectivity index (χ2v) is 7.30. The quantitative estimate of drug-likeness (QED) is 0.798. The van der Waals surface area contributed by atoms with Gasteiger partial charge in [0.2, 0.25) is 0 Å². The van der Waals surface area contributed by atoms with Crippen LogP contribution in [0.1, 0.15) is 57.1 Å². The van der Waals surface area contributed by atoms with Gasteiger partial charge < -0.3 is 19.8 Å². The van der Waals surface area contributed by atoms with Crippen molar-refractivity contribution in [1.29, 1.82) is 0 Å². The Bertz CT molecular complexity index is 514. The maximum Gasteiger partial charge on any atom is 0.255 e. The Balaban J connectivity index is 1.47. The molecule has 1 atom stereocenters. The second-order valence-electron chi connectivity index (χ2n) is 7.30. The van der Waals surface area contributed by atoms with Gasteiger partial charge in [0, 0.05) is 25.7 Å². The van der Waals surface area contributed by atoms with Crippen molar-refractivity contribution in [2.24, 2.45) is 5.92 Å². The van der Waals surface area contributed by atoms with Gasteiger partial charge in [0.05, 0.1) is 12.7 Å². The zero-order chi connectivity index (χ0) is 16.8. The van der Waals surface area contributed by atoms with Gasteiger partial charge in [-0.25, -0.2) is 0 Å². The van der Waals surface area contributed by atoms with E-state index in [-0.39, 0.29) is 12.5 Å². The summed E-state index contributed by atoms with van der Waals surface area (Å²) in [4.78, 5) is 14.6. The van der Waals surface area contributed by atoms with Gasteiger partial charge in [-0.2, -0.15) is 0 Å². The third-order valence-electron chi connectivity index (χ3n) is 5.44. The van der Waals surface area contributed by atoms with Crippen LogP contribution in [0.25, 0.3) is 0 Å². The average molecular weight is 335 g/mol. The van der Waals surface area contributed by atoms with E-state index in [1.54, 1.807) is 12.3 Å². The van der Waals surface area contributed by atoms with Crippen LogP contribution < -0.4 is 5.32 Å². The van der Waals surface area contributed by atoms with Crippen LogP contribution in [-0.4, -0.2) is 46.3 Å². The number of piperidine rings is 1. The minimum Gasteiger partial charge on any atom is -0.379 e. The van der Waals surface area contributed by atoms with Gasteiger partial charge in [-0.1, -0.05) is 37.3 Å². The topological polar surface area (TPSA) is 78.6 Å². The molecular formula is C18H29N3O3. The van der Waals surface area contributed by atoms with E-state index in [0.717, 1.165) is 31.8 Å². The van der Waals surface area contributed by atoms with Crippen LogP contribution in [0.4, 0.5) is 0 Å². The lowest BCUT2D eigenvalue weighted by atomic mass is 9.86. The summed E-state index contributed by atoms with van der Waals surface area (Å²) in [6.07, 6.45) is 10.7. The highest BCUT2D eigenvalue weighted by Gasteiger charge is 2.41. The lowest BCUT2D eigenvalue weighted by molar-refractivity contribution is -0.156. The van der Waals surface area contributed by atoms with Crippen LogP contribution >= 0.6 is 0 Å². The molecule has 0 bridgehead atoms. The summed E-state index contributed by atoms with van der Waals surface area (Å²) < 4.78 is 5.02. The Labute approximate surface area is 143 Å². The van der Waals surface area contributed by atoms with Crippen molar-refractivity contribution in [1.82, 2.24) is 15.4 Å². The molecule has 1 saturated carbocycles. The van der Waals surface area contributed by atoms with Crippen LogP contribution in [0.15, 0.2) is 16.8 Å². The molecule has 1 aliphatic carbocycles. The summed E-state index contributed by atoms with van der Waals surface area (Å²) in [6.45, 7) is 2.29. The van der Waals surface area contributed by atoms with Crippen molar-refractivity contribution in [3.05, 3.63) is 18.0 Å². The van der Waals surface area contributed by atoms with E-state index in [1.165, 1.54) is 32.1 Å². The number of aliphatic hydroxyl groups is 1. The number of aromatic nitrogens is 1. The summed E-state index contributed by atoms with van der Waals surface area (Å²) in [5, 5.41) is 17.5. The summed E-state index contributed by atoms with van der Waals surface area (Å²) >= 11 is 0. The number of hydrogen-bond donors (Lipinski definition) is 2. The number of nitrogens with one attached hydrogen (secondary N) is 1. The first kappa shape index (κ1) is 17.4. The van der Waals surface area contributed by atoms with E-state index in [1.807, 2.05) is 4.90 Å². The van der Waals surface area contributed by atoms with Crippen molar-refractivity contribution in [3.8, 4) is 0 Å². The molecule has 1 saturated heterocycles. The van der Waals surface area contributed by atoms with E-state index < -0.39 is 5.60 Å². The van der Waals surface area contributed by atoms with Crippen molar-refractivity contribution in [3.63, 3.8) is 0 Å². The van der Waals surface area contributed by atoms with Gasteiger partial charge in [-0.05, 0) is 25.2 Å². The van der Waals surface area contributed by atoms with E-state index in [4.69, 9.17) is 4.52 Å². The van der Waals surface area contributed by atoms with Gasteiger partial charge in [0.15, 0.2) is 5.60 Å². The fourth-order valence-corrected chi connectivity index (χ4v) is 3.98. The van der Waals surface area contributed by atoms with E-state index in [9.17, 15) is 9.90 Å². The van der Waals surface area contributed by atoms with E-state index in [2.05, 4.69) is 10.5 Å². The Morgan fingerprint density at radius 1 is 1.33 bits per heavy atom. The Morgan fingerprint density at radius 3 is 2.92 bits per heavy atom. The van der Waals surface area contributed by atoms with Gasteiger partial charge in [0.1, 0.15) is 5.76 Å². The number of rotatable bonds is 7. The predicted molar refractivity (Wildman–Crippen MR) is 90.2 cm³/mol. The molecule has 2 aliphatic rings. The summed E-state index contributed by atoms with van der Waals surface area (Å²) in [6, 6.07) is 1.77. The molecule has 2 fully saturated rings. The molecule has 0 aromatic carbocycles. The van der Waals surface area contributed by atoms with Gasteiger partial charge in [0.25, 0.3) is 5.91 Å². The van der Waals surface area contributed by atoms with Gasteiger partial charge in [-0.15, -0.1) is 0 Å². The molecule has 1 unspecified atom stereocenters. The van der Waals surface area contributed by atoms with Crippen molar-refractivity contribution < 1.29 is 14.4 Å². The lowest BCUT2D eigenvalue weighted by Crippen LogP contribution is -2.58. The molecule has 1 amide bonds. The largest absolute Gasteiger partial charge is 0.379 e. The van der Waals surface area contributed by atoms with Crippen molar-refractivity contribution >= 4 is 5.91 Å². The first-order valence-electron chi connectivity index (χ1n) is 9.29. The SMILES string of the molecule is O=C1N(CCC2CCCCC2)CCCC1(O)CNCc1ccno1. The Hall–Kier alpha value is -1.40. The summed E-state index contributed by atoms with van der Waals surface area (Å²) in [7, 11) is 0. The highest BCUT2D eigenvalue weighted by molar-refractivity contribution is 5.86. The first-order valence-corrected chi connectivity index (χ1v) is 9.29. The Kier molecular flexibility index (Phi) is 5.89. The number of nitrogens with zero attached hydrogens (tertiary/aromatic N) is 2. The molecular weight excluding hydrogens is 306 g/mol. The second kappa shape index (κ2) is 8.12. The molecule has 134 valence electrons. The van der Waals surface area contributed by atoms with Crippen LogP contribution in [0.2, 0.25) is 0 Å². The molecule has 3 rings (SSSR count). The molecule has 6 heteroatoms. The molecule has 24 heavy (non-hydrogen) atoms.